The van der Waals surface area contributed by atoms with Crippen molar-refractivity contribution >= 4 is 28.4 Å². The number of allylic oxidation sites excluding steroid dienone is 1. The van der Waals surface area contributed by atoms with E-state index in [1.807, 2.05) is 73.1 Å². The number of carbonyl (C=O) groups excluding carboxylic acids is 1. The van der Waals surface area contributed by atoms with E-state index in [0.717, 1.165) is 35.2 Å². The van der Waals surface area contributed by atoms with Gasteiger partial charge in [-0.2, -0.15) is 10.2 Å². The van der Waals surface area contributed by atoms with Crippen LogP contribution < -0.4 is 10.9 Å². The van der Waals surface area contributed by atoms with Crippen molar-refractivity contribution < 1.29 is 4.79 Å². The van der Waals surface area contributed by atoms with Crippen molar-refractivity contribution in [3.05, 3.63) is 81.9 Å². The van der Waals surface area contributed by atoms with Gasteiger partial charge in [-0.3, -0.25) is 14.3 Å². The van der Waals surface area contributed by atoms with E-state index in [9.17, 15) is 9.59 Å². The fourth-order valence-electron chi connectivity index (χ4n) is 3.76. The molecule has 2 aromatic heterocycles. The predicted molar refractivity (Wildman–Crippen MR) is 128 cm³/mol. The molecule has 2 aromatic carbocycles. The lowest BCUT2D eigenvalue weighted by molar-refractivity contribution is 0.102. The van der Waals surface area contributed by atoms with Crippen LogP contribution in [0.1, 0.15) is 42.0 Å². The van der Waals surface area contributed by atoms with Crippen LogP contribution in [0.5, 0.6) is 0 Å². The monoisotopic (exact) mass is 427 g/mol. The Balaban J connectivity index is 1.62. The number of nitrogens with one attached hydrogen (secondary N) is 2. The zero-order chi connectivity index (χ0) is 22.7. The van der Waals surface area contributed by atoms with Crippen molar-refractivity contribution in [2.45, 2.75) is 33.7 Å². The molecule has 2 heterocycles. The average molecular weight is 428 g/mol. The molecule has 0 aliphatic rings. The minimum atomic E-state index is -0.253. The number of aryl methyl sites for hydroxylation is 1. The third-order valence-corrected chi connectivity index (χ3v) is 5.35. The molecule has 0 saturated heterocycles. The van der Waals surface area contributed by atoms with Crippen LogP contribution in [0.2, 0.25) is 0 Å². The summed E-state index contributed by atoms with van der Waals surface area (Å²) in [6, 6.07) is 14.7. The van der Waals surface area contributed by atoms with Crippen LogP contribution in [0, 0.1) is 6.92 Å². The molecule has 32 heavy (non-hydrogen) atoms. The first kappa shape index (κ1) is 21.2. The normalized spacial score (nSPS) is 11.3. The minimum Gasteiger partial charge on any atom is -0.321 e. The Kier molecular flexibility index (Phi) is 5.98. The Hall–Kier alpha value is -4.00. The van der Waals surface area contributed by atoms with Gasteiger partial charge in [-0.1, -0.05) is 49.4 Å². The number of aromatic nitrogens is 4. The number of aromatic amines is 1. The molecule has 7 heteroatoms. The summed E-state index contributed by atoms with van der Waals surface area (Å²) in [4.78, 5) is 25.0. The minimum absolute atomic E-state index is 0.219. The van der Waals surface area contributed by atoms with Crippen molar-refractivity contribution in [2.24, 2.45) is 0 Å². The zero-order valence-corrected chi connectivity index (χ0v) is 18.3. The standard InChI is InChI=1S/C25H25N5O2/c1-4-8-19-16(3)30(15-5-2)29-23(19)25(32)26-18-13-11-17(12-14-18)22-20-9-6-7-10-21(20)24(31)28-27-22/h4,6-14H,5,15H2,1-3H3,(H,26,32)(H,28,31). The molecule has 0 bridgehead atoms. The predicted octanol–water partition coefficient (Wildman–Crippen LogP) is 4.79. The van der Waals surface area contributed by atoms with Crippen molar-refractivity contribution in [1.82, 2.24) is 20.0 Å². The highest BCUT2D eigenvalue weighted by atomic mass is 16.2. The molecule has 0 atom stereocenters. The highest BCUT2D eigenvalue weighted by Gasteiger charge is 2.19. The molecule has 7 nitrogen and oxygen atoms in total. The quantitative estimate of drug-likeness (QED) is 0.463. The second-order valence-electron chi connectivity index (χ2n) is 7.55. The maximum Gasteiger partial charge on any atom is 0.276 e. The molecular formula is C25H25N5O2. The second-order valence-corrected chi connectivity index (χ2v) is 7.55. The van der Waals surface area contributed by atoms with E-state index < -0.39 is 0 Å². The number of hydrogen-bond acceptors (Lipinski definition) is 4. The smallest absolute Gasteiger partial charge is 0.276 e. The van der Waals surface area contributed by atoms with Crippen LogP contribution >= 0.6 is 0 Å². The van der Waals surface area contributed by atoms with Gasteiger partial charge in [-0.25, -0.2) is 5.10 Å². The maximum absolute atomic E-state index is 13.0. The number of H-pyrrole nitrogens is 1. The number of anilines is 1. The number of nitrogens with zero attached hydrogens (tertiary/aromatic N) is 3. The van der Waals surface area contributed by atoms with Crippen molar-refractivity contribution in [1.29, 1.82) is 0 Å². The maximum atomic E-state index is 13.0. The van der Waals surface area contributed by atoms with Crippen molar-refractivity contribution in [2.75, 3.05) is 5.32 Å². The number of rotatable bonds is 6. The van der Waals surface area contributed by atoms with Gasteiger partial charge in [0.2, 0.25) is 0 Å². The summed E-state index contributed by atoms with van der Waals surface area (Å²) < 4.78 is 1.88. The van der Waals surface area contributed by atoms with Crippen molar-refractivity contribution in [3.63, 3.8) is 0 Å². The fourth-order valence-corrected chi connectivity index (χ4v) is 3.76. The lowest BCUT2D eigenvalue weighted by Crippen LogP contribution is -2.14. The zero-order valence-electron chi connectivity index (χ0n) is 18.3. The van der Waals surface area contributed by atoms with E-state index in [2.05, 4.69) is 27.5 Å². The van der Waals surface area contributed by atoms with E-state index >= 15 is 0 Å². The highest BCUT2D eigenvalue weighted by Crippen LogP contribution is 2.26. The van der Waals surface area contributed by atoms with Crippen molar-refractivity contribution in [3.8, 4) is 11.3 Å². The van der Waals surface area contributed by atoms with Gasteiger partial charge in [0.15, 0.2) is 5.69 Å². The number of carbonyl (C=O) groups is 1. The van der Waals surface area contributed by atoms with Crippen LogP contribution in [0.25, 0.3) is 28.1 Å². The molecule has 162 valence electrons. The third-order valence-electron chi connectivity index (χ3n) is 5.35. The van der Waals surface area contributed by atoms with Crippen LogP contribution in [0.15, 0.2) is 59.4 Å². The number of fused-ring (bicyclic) bond motifs is 1. The molecule has 4 rings (SSSR count). The van der Waals surface area contributed by atoms with Gasteiger partial charge in [0.1, 0.15) is 0 Å². The lowest BCUT2D eigenvalue weighted by Gasteiger charge is -2.08. The Morgan fingerprint density at radius 3 is 2.53 bits per heavy atom. The third kappa shape index (κ3) is 3.97. The molecule has 1 amide bonds. The molecule has 0 aliphatic heterocycles. The van der Waals surface area contributed by atoms with E-state index in [1.54, 1.807) is 6.07 Å². The summed E-state index contributed by atoms with van der Waals surface area (Å²) in [6.07, 6.45) is 4.76. The molecular weight excluding hydrogens is 402 g/mol. The van der Waals surface area contributed by atoms with Gasteiger partial charge in [-0.05, 0) is 38.5 Å². The van der Waals surface area contributed by atoms with Crippen LogP contribution in [0.4, 0.5) is 5.69 Å². The summed E-state index contributed by atoms with van der Waals surface area (Å²) in [5.74, 6) is -0.253. The van der Waals surface area contributed by atoms with E-state index in [-0.39, 0.29) is 11.5 Å². The van der Waals surface area contributed by atoms with Crippen LogP contribution in [-0.2, 0) is 6.54 Å². The topological polar surface area (TPSA) is 92.7 Å². The number of benzene rings is 2. The molecule has 0 fully saturated rings. The van der Waals surface area contributed by atoms with E-state index in [4.69, 9.17) is 0 Å². The summed E-state index contributed by atoms with van der Waals surface area (Å²) in [5.41, 5.74) is 4.17. The van der Waals surface area contributed by atoms with Gasteiger partial charge in [0.25, 0.3) is 11.5 Å². The first-order valence-electron chi connectivity index (χ1n) is 10.6. The van der Waals surface area contributed by atoms with E-state index in [0.29, 0.717) is 22.5 Å². The Labute approximate surface area is 185 Å². The molecule has 0 aliphatic carbocycles. The van der Waals surface area contributed by atoms with Gasteiger partial charge in [-0.15, -0.1) is 0 Å². The highest BCUT2D eigenvalue weighted by molar-refractivity contribution is 6.05. The SMILES string of the molecule is CC=Cc1c(C(=O)Nc2ccc(-c3n[nH]c(=O)c4ccccc34)cc2)nn(CCC)c1C. The van der Waals surface area contributed by atoms with Gasteiger partial charge < -0.3 is 5.32 Å². The van der Waals surface area contributed by atoms with Gasteiger partial charge in [0, 0.05) is 34.4 Å². The molecule has 4 aromatic rings. The molecule has 0 saturated carbocycles. The van der Waals surface area contributed by atoms with Crippen LogP contribution in [0.3, 0.4) is 0 Å². The van der Waals surface area contributed by atoms with Gasteiger partial charge in [0.05, 0.1) is 11.1 Å². The number of hydrogen-bond donors (Lipinski definition) is 2. The molecule has 2 N–H and O–H groups in total. The summed E-state index contributed by atoms with van der Waals surface area (Å²) in [7, 11) is 0. The fraction of sp³-hybridized carbons (Fsp3) is 0.200. The first-order chi connectivity index (χ1) is 15.5. The Morgan fingerprint density at radius 1 is 1.12 bits per heavy atom. The summed E-state index contributed by atoms with van der Waals surface area (Å²) in [5, 5.41) is 15.6. The summed E-state index contributed by atoms with van der Waals surface area (Å²) in [6.45, 7) is 6.74. The van der Waals surface area contributed by atoms with E-state index in [1.165, 1.54) is 0 Å². The van der Waals surface area contributed by atoms with Gasteiger partial charge >= 0.3 is 0 Å². The first-order valence-corrected chi connectivity index (χ1v) is 10.6. The molecule has 0 spiro atoms. The number of amides is 1. The largest absolute Gasteiger partial charge is 0.321 e. The lowest BCUT2D eigenvalue weighted by atomic mass is 10.0. The van der Waals surface area contributed by atoms with Crippen LogP contribution in [-0.4, -0.2) is 25.9 Å². The molecule has 0 unspecified atom stereocenters. The second kappa shape index (κ2) is 9.01. The Morgan fingerprint density at radius 2 is 1.84 bits per heavy atom. The Bertz CT molecular complexity index is 1360. The molecule has 0 radical (unpaired) electrons. The average Bonchev–Trinajstić information content (AvgIpc) is 3.11. The summed E-state index contributed by atoms with van der Waals surface area (Å²) >= 11 is 0.